The third kappa shape index (κ3) is 3.20. The van der Waals surface area contributed by atoms with Crippen molar-refractivity contribution < 1.29 is 13.9 Å². The van der Waals surface area contributed by atoms with Gasteiger partial charge in [0.2, 0.25) is 0 Å². The maximum Gasteiger partial charge on any atom is 0.340 e. The molecule has 2 N–H and O–H groups in total. The smallest absolute Gasteiger partial charge is 0.340 e. The lowest BCUT2D eigenvalue weighted by molar-refractivity contribution is 0.00707. The Morgan fingerprint density at radius 2 is 2.00 bits per heavy atom. The van der Waals surface area contributed by atoms with E-state index < -0.39 is 17.4 Å². The molecule has 0 saturated carbocycles. The van der Waals surface area contributed by atoms with Gasteiger partial charge in [-0.15, -0.1) is 0 Å². The van der Waals surface area contributed by atoms with Gasteiger partial charge >= 0.3 is 5.97 Å². The van der Waals surface area contributed by atoms with Crippen LogP contribution < -0.4 is 5.73 Å². The molecule has 0 amide bonds. The predicted octanol–water partition coefficient (Wildman–Crippen LogP) is 3.13. The second-order valence-corrected chi connectivity index (χ2v) is 5.21. The summed E-state index contributed by atoms with van der Waals surface area (Å²) < 4.78 is 18.4. The van der Waals surface area contributed by atoms with Crippen molar-refractivity contribution in [3.8, 4) is 0 Å². The summed E-state index contributed by atoms with van der Waals surface area (Å²) in [5.74, 6) is -1.07. The molecule has 0 atom stereocenters. The van der Waals surface area contributed by atoms with Crippen LogP contribution in [0.1, 0.15) is 31.1 Å². The fraction of sp³-hybridized carbons (Fsp3) is 0.364. The minimum atomic E-state index is -0.607. The standard InChI is InChI=1S/C11H13BrFNO2/c1-11(2,3)16-10(15)6-4-7(12)8(13)5-9(6)14/h4-5H,14H2,1-3H3. The van der Waals surface area contributed by atoms with E-state index in [1.54, 1.807) is 20.8 Å². The number of benzene rings is 1. The van der Waals surface area contributed by atoms with Crippen LogP contribution in [0.5, 0.6) is 0 Å². The number of anilines is 1. The third-order valence-corrected chi connectivity index (χ3v) is 2.32. The highest BCUT2D eigenvalue weighted by Crippen LogP contribution is 2.24. The third-order valence-electron chi connectivity index (χ3n) is 1.71. The van der Waals surface area contributed by atoms with Gasteiger partial charge in [0.25, 0.3) is 0 Å². The summed E-state index contributed by atoms with van der Waals surface area (Å²) in [7, 11) is 0. The maximum atomic E-state index is 13.1. The normalized spacial score (nSPS) is 11.3. The topological polar surface area (TPSA) is 52.3 Å². The van der Waals surface area contributed by atoms with Gasteiger partial charge in [0.15, 0.2) is 0 Å². The first kappa shape index (κ1) is 13.0. The fourth-order valence-electron chi connectivity index (χ4n) is 1.07. The molecule has 0 aliphatic carbocycles. The average molecular weight is 290 g/mol. The summed E-state index contributed by atoms with van der Waals surface area (Å²) >= 11 is 2.99. The number of carbonyl (C=O) groups is 1. The van der Waals surface area contributed by atoms with Crippen LogP contribution in [0.15, 0.2) is 16.6 Å². The average Bonchev–Trinajstić information content (AvgIpc) is 2.08. The highest BCUT2D eigenvalue weighted by molar-refractivity contribution is 9.10. The molecule has 0 unspecified atom stereocenters. The van der Waals surface area contributed by atoms with Crippen molar-refractivity contribution in [2.75, 3.05) is 5.73 Å². The number of carbonyl (C=O) groups excluding carboxylic acids is 1. The van der Waals surface area contributed by atoms with Gasteiger partial charge in [-0.2, -0.15) is 0 Å². The van der Waals surface area contributed by atoms with Crippen LogP contribution in [0.25, 0.3) is 0 Å². The Morgan fingerprint density at radius 1 is 1.44 bits per heavy atom. The number of esters is 1. The molecule has 0 bridgehead atoms. The minimum Gasteiger partial charge on any atom is -0.456 e. The van der Waals surface area contributed by atoms with Crippen molar-refractivity contribution in [2.24, 2.45) is 0 Å². The van der Waals surface area contributed by atoms with Gasteiger partial charge in [0.1, 0.15) is 11.4 Å². The van der Waals surface area contributed by atoms with Crippen LogP contribution in [0.2, 0.25) is 0 Å². The lowest BCUT2D eigenvalue weighted by Gasteiger charge is -2.20. The van der Waals surface area contributed by atoms with Gasteiger partial charge in [-0.25, -0.2) is 9.18 Å². The first-order chi connectivity index (χ1) is 7.20. The van der Waals surface area contributed by atoms with Crippen LogP contribution in [0, 0.1) is 5.82 Å². The van der Waals surface area contributed by atoms with Gasteiger partial charge in [0.05, 0.1) is 10.0 Å². The molecule has 0 aliphatic heterocycles. The first-order valence-electron chi connectivity index (χ1n) is 4.68. The number of nitrogens with two attached hydrogens (primary N) is 1. The van der Waals surface area contributed by atoms with Crippen LogP contribution in [0.4, 0.5) is 10.1 Å². The number of nitrogen functional groups attached to an aromatic ring is 1. The lowest BCUT2D eigenvalue weighted by atomic mass is 10.1. The van der Waals surface area contributed by atoms with E-state index in [9.17, 15) is 9.18 Å². The molecule has 1 rings (SSSR count). The SMILES string of the molecule is CC(C)(C)OC(=O)c1cc(Br)c(F)cc1N. The van der Waals surface area contributed by atoms with E-state index in [2.05, 4.69) is 15.9 Å². The minimum absolute atomic E-state index is 0.0648. The molecule has 1 aromatic rings. The molecule has 1 aromatic carbocycles. The molecule has 5 heteroatoms. The molecule has 88 valence electrons. The van der Waals surface area contributed by atoms with Gasteiger partial charge < -0.3 is 10.5 Å². The van der Waals surface area contributed by atoms with Crippen molar-refractivity contribution >= 4 is 27.6 Å². The fourth-order valence-corrected chi connectivity index (χ4v) is 1.42. The van der Waals surface area contributed by atoms with Gasteiger partial charge in [-0.3, -0.25) is 0 Å². The van der Waals surface area contributed by atoms with E-state index in [0.717, 1.165) is 6.07 Å². The molecular weight excluding hydrogens is 277 g/mol. The molecule has 3 nitrogen and oxygen atoms in total. The maximum absolute atomic E-state index is 13.1. The van der Waals surface area contributed by atoms with E-state index in [-0.39, 0.29) is 15.7 Å². The van der Waals surface area contributed by atoms with Crippen LogP contribution >= 0.6 is 15.9 Å². The monoisotopic (exact) mass is 289 g/mol. The van der Waals surface area contributed by atoms with Gasteiger partial charge in [-0.05, 0) is 48.8 Å². The molecule has 0 heterocycles. The van der Waals surface area contributed by atoms with Crippen molar-refractivity contribution in [1.29, 1.82) is 0 Å². The number of halogens is 2. The second-order valence-electron chi connectivity index (χ2n) is 4.36. The zero-order chi connectivity index (χ0) is 12.5. The summed E-state index contributed by atoms with van der Waals surface area (Å²) in [5, 5.41) is 0. The Hall–Kier alpha value is -1.10. The van der Waals surface area contributed by atoms with E-state index in [4.69, 9.17) is 10.5 Å². The van der Waals surface area contributed by atoms with E-state index >= 15 is 0 Å². The Morgan fingerprint density at radius 3 is 2.50 bits per heavy atom. The summed E-state index contributed by atoms with van der Waals surface area (Å²) in [6, 6.07) is 2.40. The van der Waals surface area contributed by atoms with Crippen molar-refractivity contribution in [1.82, 2.24) is 0 Å². The Bertz CT molecular complexity index is 427. The van der Waals surface area contributed by atoms with Crippen LogP contribution in [-0.2, 0) is 4.74 Å². The quantitative estimate of drug-likeness (QED) is 0.638. The van der Waals surface area contributed by atoms with Crippen LogP contribution in [-0.4, -0.2) is 11.6 Å². The zero-order valence-corrected chi connectivity index (χ0v) is 10.9. The number of ether oxygens (including phenoxy) is 1. The summed E-state index contributed by atoms with van der Waals surface area (Å²) in [6.45, 7) is 5.25. The largest absolute Gasteiger partial charge is 0.456 e. The Balaban J connectivity index is 3.05. The molecule has 0 spiro atoms. The van der Waals surface area contributed by atoms with Gasteiger partial charge in [0, 0.05) is 5.69 Å². The molecule has 0 aliphatic rings. The summed E-state index contributed by atoms with van der Waals surface area (Å²) in [6.07, 6.45) is 0. The van der Waals surface area contributed by atoms with Crippen molar-refractivity contribution in [3.63, 3.8) is 0 Å². The summed E-state index contributed by atoms with van der Waals surface area (Å²) in [4.78, 5) is 11.7. The number of hydrogen-bond donors (Lipinski definition) is 1. The molecule has 0 fully saturated rings. The van der Waals surface area contributed by atoms with E-state index in [0.29, 0.717) is 0 Å². The molecule has 16 heavy (non-hydrogen) atoms. The second kappa shape index (κ2) is 4.41. The van der Waals surface area contributed by atoms with Crippen molar-refractivity contribution in [3.05, 3.63) is 28.0 Å². The summed E-state index contributed by atoms with van der Waals surface area (Å²) in [5.41, 5.74) is 5.16. The lowest BCUT2D eigenvalue weighted by Crippen LogP contribution is -2.24. The van der Waals surface area contributed by atoms with E-state index in [1.807, 2.05) is 0 Å². The molecule has 0 saturated heterocycles. The Labute approximate surface area is 102 Å². The number of rotatable bonds is 1. The molecular formula is C11H13BrFNO2. The Kier molecular flexibility index (Phi) is 3.57. The van der Waals surface area contributed by atoms with Crippen molar-refractivity contribution in [2.45, 2.75) is 26.4 Å². The van der Waals surface area contributed by atoms with E-state index in [1.165, 1.54) is 6.07 Å². The molecule has 0 radical (unpaired) electrons. The predicted molar refractivity (Wildman–Crippen MR) is 63.7 cm³/mol. The first-order valence-corrected chi connectivity index (χ1v) is 5.48. The number of hydrogen-bond acceptors (Lipinski definition) is 3. The van der Waals surface area contributed by atoms with Gasteiger partial charge in [-0.1, -0.05) is 0 Å². The highest BCUT2D eigenvalue weighted by Gasteiger charge is 2.20. The van der Waals surface area contributed by atoms with Crippen LogP contribution in [0.3, 0.4) is 0 Å². The highest BCUT2D eigenvalue weighted by atomic mass is 79.9. The zero-order valence-electron chi connectivity index (χ0n) is 9.30. The molecule has 0 aromatic heterocycles.